The van der Waals surface area contributed by atoms with Crippen molar-refractivity contribution in [3.63, 3.8) is 0 Å². The van der Waals surface area contributed by atoms with Crippen molar-refractivity contribution in [1.29, 1.82) is 0 Å². The van der Waals surface area contributed by atoms with Gasteiger partial charge in [0.05, 0.1) is 18.6 Å². The molecular weight excluding hydrogens is 370 g/mol. The molecule has 0 heterocycles. The van der Waals surface area contributed by atoms with Gasteiger partial charge in [-0.25, -0.2) is 0 Å². The fourth-order valence-electron chi connectivity index (χ4n) is 7.73. The molecule has 162 valence electrons. The molecule has 6 heteroatoms. The molecule has 2 N–H and O–H groups in total. The van der Waals surface area contributed by atoms with E-state index in [1.54, 1.807) is 0 Å². The van der Waals surface area contributed by atoms with Gasteiger partial charge in [-0.3, -0.25) is 9.59 Å². The zero-order valence-corrected chi connectivity index (χ0v) is 17.7. The molecule has 0 bridgehead atoms. The maximum atomic E-state index is 12.0. The van der Waals surface area contributed by atoms with E-state index in [-0.39, 0.29) is 30.3 Å². The molecule has 0 spiro atoms. The molecule has 0 aromatic rings. The highest BCUT2D eigenvalue weighted by molar-refractivity contribution is 5.92. The predicted molar refractivity (Wildman–Crippen MR) is 108 cm³/mol. The zero-order chi connectivity index (χ0) is 20.8. The molecule has 0 saturated heterocycles. The highest BCUT2D eigenvalue weighted by Crippen LogP contribution is 2.65. The van der Waals surface area contributed by atoms with Gasteiger partial charge in [0.15, 0.2) is 0 Å². The molecule has 6 nitrogen and oxygen atoms in total. The Kier molecular flexibility index (Phi) is 5.41. The number of ether oxygens (including phenoxy) is 1. The van der Waals surface area contributed by atoms with Gasteiger partial charge in [-0.15, -0.1) is 0 Å². The van der Waals surface area contributed by atoms with Gasteiger partial charge in [0, 0.05) is 5.41 Å². The summed E-state index contributed by atoms with van der Waals surface area (Å²) in [4.78, 5) is 22.7. The Morgan fingerprint density at radius 3 is 2.59 bits per heavy atom. The number of carbonyl (C=O) groups is 2. The third kappa shape index (κ3) is 3.46. The van der Waals surface area contributed by atoms with Crippen LogP contribution in [0.3, 0.4) is 0 Å². The van der Waals surface area contributed by atoms with E-state index >= 15 is 0 Å². The number of nitrogens with zero attached hydrogens (tertiary/aromatic N) is 1. The number of hydrogen-bond acceptors (Lipinski definition) is 5. The second-order valence-corrected chi connectivity index (χ2v) is 10.5. The van der Waals surface area contributed by atoms with E-state index < -0.39 is 5.97 Å². The molecule has 0 aliphatic heterocycles. The SMILES string of the molecule is C[C@]12CCC(OC(=O)CCC(=O)O)CC1CC[C@@H]1[C@@H]2CC[C@]2(C)/C(=N\O)CC[C@@H]12. The second kappa shape index (κ2) is 7.59. The summed E-state index contributed by atoms with van der Waals surface area (Å²) < 4.78 is 5.64. The van der Waals surface area contributed by atoms with Crippen molar-refractivity contribution < 1.29 is 24.6 Å². The van der Waals surface area contributed by atoms with Crippen LogP contribution in [0.4, 0.5) is 0 Å². The van der Waals surface area contributed by atoms with Crippen LogP contribution in [0.5, 0.6) is 0 Å². The lowest BCUT2D eigenvalue weighted by Crippen LogP contribution is -2.54. The van der Waals surface area contributed by atoms with Crippen LogP contribution in [0.15, 0.2) is 5.16 Å². The summed E-state index contributed by atoms with van der Waals surface area (Å²) in [6.07, 6.45) is 9.47. The van der Waals surface area contributed by atoms with Crippen LogP contribution in [0.25, 0.3) is 0 Å². The maximum Gasteiger partial charge on any atom is 0.306 e. The number of rotatable bonds is 4. The van der Waals surface area contributed by atoms with E-state index in [2.05, 4.69) is 19.0 Å². The van der Waals surface area contributed by atoms with Crippen LogP contribution < -0.4 is 0 Å². The van der Waals surface area contributed by atoms with Crippen LogP contribution >= 0.6 is 0 Å². The smallest absolute Gasteiger partial charge is 0.306 e. The summed E-state index contributed by atoms with van der Waals surface area (Å²) in [6, 6.07) is 0. The average molecular weight is 406 g/mol. The van der Waals surface area contributed by atoms with Gasteiger partial charge in [-0.1, -0.05) is 19.0 Å². The Balaban J connectivity index is 1.42. The van der Waals surface area contributed by atoms with E-state index in [0.717, 1.165) is 44.2 Å². The molecule has 0 amide bonds. The summed E-state index contributed by atoms with van der Waals surface area (Å²) in [5, 5.41) is 21.9. The topological polar surface area (TPSA) is 96.2 Å². The first kappa shape index (κ1) is 20.7. The first-order valence-electron chi connectivity index (χ1n) is 11.4. The lowest BCUT2D eigenvalue weighted by molar-refractivity contribution is -0.162. The molecule has 2 unspecified atom stereocenters. The fourth-order valence-corrected chi connectivity index (χ4v) is 7.73. The minimum atomic E-state index is -0.956. The Labute approximate surface area is 173 Å². The van der Waals surface area contributed by atoms with Crippen LogP contribution in [-0.2, 0) is 14.3 Å². The third-order valence-electron chi connectivity index (χ3n) is 9.32. The van der Waals surface area contributed by atoms with Crippen LogP contribution in [0, 0.1) is 34.5 Å². The minimum Gasteiger partial charge on any atom is -0.481 e. The Morgan fingerprint density at radius 2 is 1.86 bits per heavy atom. The molecule has 4 saturated carbocycles. The highest BCUT2D eigenvalue weighted by Gasteiger charge is 2.59. The number of fused-ring (bicyclic) bond motifs is 5. The number of aliphatic carboxylic acids is 1. The van der Waals surface area contributed by atoms with Crippen LogP contribution in [0.1, 0.15) is 84.5 Å². The summed E-state index contributed by atoms with van der Waals surface area (Å²) in [5.74, 6) is 1.31. The standard InChI is InChI=1S/C23H35NO5/c1-22-11-9-15(29-21(27)8-7-20(25)26)13-14(22)3-4-16-17-5-6-19(24-28)23(17,2)12-10-18(16)22/h14-18,28H,3-13H2,1-2H3,(H,25,26)/b24-19-/t14?,15?,16-,17-,18-,22-,23-/m0/s1. The molecule has 0 aromatic heterocycles. The van der Waals surface area contributed by atoms with Crippen LogP contribution in [-0.4, -0.2) is 34.1 Å². The van der Waals surface area contributed by atoms with Gasteiger partial charge in [0.2, 0.25) is 0 Å². The van der Waals surface area contributed by atoms with Crippen molar-refractivity contribution in [2.75, 3.05) is 0 Å². The Hall–Kier alpha value is -1.59. The first-order valence-corrected chi connectivity index (χ1v) is 11.4. The van der Waals surface area contributed by atoms with Gasteiger partial charge in [-0.2, -0.15) is 0 Å². The number of oxime groups is 1. The lowest BCUT2D eigenvalue weighted by Gasteiger charge is -2.60. The number of carboxylic acids is 1. The van der Waals surface area contributed by atoms with Crippen molar-refractivity contribution in [2.45, 2.75) is 90.6 Å². The average Bonchev–Trinajstić information content (AvgIpc) is 3.03. The third-order valence-corrected chi connectivity index (χ3v) is 9.32. The molecule has 0 aromatic carbocycles. The van der Waals surface area contributed by atoms with Crippen molar-refractivity contribution in [3.05, 3.63) is 0 Å². The number of esters is 1. The monoisotopic (exact) mass is 405 g/mol. The molecule has 4 rings (SSSR count). The normalized spacial score (nSPS) is 45.2. The van der Waals surface area contributed by atoms with Crippen molar-refractivity contribution >= 4 is 17.7 Å². The summed E-state index contributed by atoms with van der Waals surface area (Å²) >= 11 is 0. The predicted octanol–water partition coefficient (Wildman–Crippen LogP) is 4.64. The second-order valence-electron chi connectivity index (χ2n) is 10.5. The van der Waals surface area contributed by atoms with E-state index in [4.69, 9.17) is 9.84 Å². The summed E-state index contributed by atoms with van der Waals surface area (Å²) in [6.45, 7) is 4.79. The van der Waals surface area contributed by atoms with E-state index in [0.29, 0.717) is 29.1 Å². The zero-order valence-electron chi connectivity index (χ0n) is 17.7. The number of hydrogen-bond donors (Lipinski definition) is 2. The molecule has 0 radical (unpaired) electrons. The highest BCUT2D eigenvalue weighted by atomic mass is 16.5. The van der Waals surface area contributed by atoms with Crippen molar-refractivity contribution in [2.24, 2.45) is 39.7 Å². The van der Waals surface area contributed by atoms with Crippen molar-refractivity contribution in [3.8, 4) is 0 Å². The van der Waals surface area contributed by atoms with Crippen LogP contribution in [0.2, 0.25) is 0 Å². The van der Waals surface area contributed by atoms with E-state index in [9.17, 15) is 14.8 Å². The van der Waals surface area contributed by atoms with Gasteiger partial charge < -0.3 is 15.1 Å². The molecule has 4 aliphatic rings. The minimum absolute atomic E-state index is 0.0343. The first-order chi connectivity index (χ1) is 13.8. The largest absolute Gasteiger partial charge is 0.481 e. The van der Waals surface area contributed by atoms with Gasteiger partial charge in [0.1, 0.15) is 6.10 Å². The molecule has 7 atom stereocenters. The summed E-state index contributed by atoms with van der Waals surface area (Å²) in [5.41, 5.74) is 1.40. The molecule has 4 fully saturated rings. The number of carbonyl (C=O) groups excluding carboxylic acids is 1. The summed E-state index contributed by atoms with van der Waals surface area (Å²) in [7, 11) is 0. The maximum absolute atomic E-state index is 12.0. The molecule has 29 heavy (non-hydrogen) atoms. The van der Waals surface area contributed by atoms with E-state index in [1.807, 2.05) is 0 Å². The molecular formula is C23H35NO5. The fraction of sp³-hybridized carbons (Fsp3) is 0.870. The van der Waals surface area contributed by atoms with Crippen molar-refractivity contribution in [1.82, 2.24) is 0 Å². The van der Waals surface area contributed by atoms with Gasteiger partial charge in [-0.05, 0) is 86.9 Å². The lowest BCUT2D eigenvalue weighted by atomic mass is 9.45. The Bertz CT molecular complexity index is 705. The molecule has 4 aliphatic carbocycles. The number of carboxylic acid groups (broad SMARTS) is 1. The quantitative estimate of drug-likeness (QED) is 0.404. The van der Waals surface area contributed by atoms with Gasteiger partial charge >= 0.3 is 11.9 Å². The van der Waals surface area contributed by atoms with E-state index in [1.165, 1.54) is 19.3 Å². The van der Waals surface area contributed by atoms with Gasteiger partial charge in [0.25, 0.3) is 0 Å². The Morgan fingerprint density at radius 1 is 1.07 bits per heavy atom.